The summed E-state index contributed by atoms with van der Waals surface area (Å²) < 4.78 is 7.37. The summed E-state index contributed by atoms with van der Waals surface area (Å²) in [5.41, 5.74) is 0. The van der Waals surface area contributed by atoms with E-state index >= 15 is 0 Å². The number of morpholine rings is 1. The van der Waals surface area contributed by atoms with Crippen LogP contribution in [0.25, 0.3) is 0 Å². The summed E-state index contributed by atoms with van der Waals surface area (Å²) in [4.78, 5) is 21.7. The second-order valence-corrected chi connectivity index (χ2v) is 7.15. The smallest absolute Gasteiger partial charge is 0.223 e. The summed E-state index contributed by atoms with van der Waals surface area (Å²) in [7, 11) is 0. The highest BCUT2D eigenvalue weighted by Gasteiger charge is 2.34. The Bertz CT molecular complexity index is 592. The van der Waals surface area contributed by atoms with Gasteiger partial charge in [-0.1, -0.05) is 0 Å². The summed E-state index contributed by atoms with van der Waals surface area (Å²) >= 11 is 0. The van der Waals surface area contributed by atoms with Gasteiger partial charge in [0.2, 0.25) is 5.91 Å². The molecule has 7 nitrogen and oxygen atoms in total. The summed E-state index contributed by atoms with van der Waals surface area (Å²) in [6.07, 6.45) is 3.96. The zero-order valence-electron chi connectivity index (χ0n) is 14.5. The second kappa shape index (κ2) is 6.80. The molecule has 24 heavy (non-hydrogen) atoms. The van der Waals surface area contributed by atoms with Gasteiger partial charge in [-0.25, -0.2) is 9.67 Å². The lowest BCUT2D eigenvalue weighted by molar-refractivity contribution is -0.134. The van der Waals surface area contributed by atoms with Crippen molar-refractivity contribution in [3.05, 3.63) is 11.6 Å². The summed E-state index contributed by atoms with van der Waals surface area (Å²) in [5, 5.41) is 4.63. The Hall–Kier alpha value is -1.47. The van der Waals surface area contributed by atoms with Gasteiger partial charge in [0.1, 0.15) is 5.82 Å². The maximum atomic E-state index is 12.6. The Morgan fingerprint density at radius 2 is 2.00 bits per heavy atom. The largest absolute Gasteiger partial charge is 0.379 e. The topological polar surface area (TPSA) is 63.5 Å². The van der Waals surface area contributed by atoms with Gasteiger partial charge in [0, 0.05) is 32.0 Å². The third kappa shape index (κ3) is 3.32. The molecule has 7 heteroatoms. The Labute approximate surface area is 143 Å². The lowest BCUT2D eigenvalue weighted by Gasteiger charge is -2.33. The van der Waals surface area contributed by atoms with E-state index in [1.807, 2.05) is 9.58 Å². The Kier molecular flexibility index (Phi) is 4.54. The third-order valence-corrected chi connectivity index (χ3v) is 5.34. The zero-order chi connectivity index (χ0) is 16.5. The van der Waals surface area contributed by atoms with Crippen LogP contribution in [0.2, 0.25) is 0 Å². The Morgan fingerprint density at radius 3 is 2.75 bits per heavy atom. The van der Waals surface area contributed by atoms with Gasteiger partial charge in [-0.3, -0.25) is 9.69 Å². The van der Waals surface area contributed by atoms with E-state index in [0.29, 0.717) is 12.3 Å². The number of ether oxygens (including phenoxy) is 1. The molecule has 4 rings (SSSR count). The summed E-state index contributed by atoms with van der Waals surface area (Å²) in [5.74, 6) is 2.76. The van der Waals surface area contributed by atoms with E-state index in [9.17, 15) is 4.79 Å². The molecule has 1 aliphatic carbocycles. The van der Waals surface area contributed by atoms with Crippen molar-refractivity contribution >= 4 is 5.91 Å². The Morgan fingerprint density at radius 1 is 1.21 bits per heavy atom. The van der Waals surface area contributed by atoms with Gasteiger partial charge < -0.3 is 9.64 Å². The SMILES string of the molecule is C[C@@H]1c2nc(C3CC3)nn2CCN1C(=O)CCCN1CCOCC1. The number of carbonyl (C=O) groups excluding carboxylic acids is 1. The minimum absolute atomic E-state index is 0.0367. The Balaban J connectivity index is 1.31. The number of rotatable bonds is 5. The van der Waals surface area contributed by atoms with E-state index in [-0.39, 0.29) is 11.9 Å². The number of amides is 1. The number of nitrogens with zero attached hydrogens (tertiary/aromatic N) is 5. The quantitative estimate of drug-likeness (QED) is 0.809. The molecule has 1 saturated carbocycles. The molecule has 3 heterocycles. The van der Waals surface area contributed by atoms with E-state index in [1.54, 1.807) is 0 Å². The van der Waals surface area contributed by atoms with E-state index in [4.69, 9.17) is 9.72 Å². The van der Waals surface area contributed by atoms with Gasteiger partial charge >= 0.3 is 0 Å². The first-order chi connectivity index (χ1) is 11.7. The highest BCUT2D eigenvalue weighted by atomic mass is 16.5. The van der Waals surface area contributed by atoms with Crippen molar-refractivity contribution in [1.29, 1.82) is 0 Å². The fourth-order valence-corrected chi connectivity index (χ4v) is 3.66. The standard InChI is InChI=1S/C17H27N5O2/c1-13-17-18-16(14-4-5-14)19-22(17)8-7-21(13)15(23)3-2-6-20-9-11-24-12-10-20/h13-14H,2-12H2,1H3/t13-/m1/s1. The van der Waals surface area contributed by atoms with Crippen LogP contribution in [-0.2, 0) is 16.1 Å². The van der Waals surface area contributed by atoms with Crippen LogP contribution in [0.3, 0.4) is 0 Å². The molecule has 1 saturated heterocycles. The molecule has 1 atom stereocenters. The average Bonchev–Trinajstić information content (AvgIpc) is 3.35. The van der Waals surface area contributed by atoms with Gasteiger partial charge in [-0.15, -0.1) is 0 Å². The first-order valence-electron chi connectivity index (χ1n) is 9.26. The van der Waals surface area contributed by atoms with Crippen LogP contribution in [0.15, 0.2) is 0 Å². The molecular weight excluding hydrogens is 306 g/mol. The van der Waals surface area contributed by atoms with Crippen molar-refractivity contribution in [2.75, 3.05) is 39.4 Å². The predicted molar refractivity (Wildman–Crippen MR) is 88.6 cm³/mol. The van der Waals surface area contributed by atoms with E-state index in [1.165, 1.54) is 12.8 Å². The molecule has 0 spiro atoms. The van der Waals surface area contributed by atoms with E-state index in [0.717, 1.165) is 64.0 Å². The van der Waals surface area contributed by atoms with Gasteiger partial charge in [-0.2, -0.15) is 5.10 Å². The van der Waals surface area contributed by atoms with Crippen LogP contribution in [0.5, 0.6) is 0 Å². The van der Waals surface area contributed by atoms with Crippen LogP contribution >= 0.6 is 0 Å². The third-order valence-electron chi connectivity index (χ3n) is 5.34. The maximum absolute atomic E-state index is 12.6. The molecule has 2 aliphatic heterocycles. The number of carbonyl (C=O) groups is 1. The lowest BCUT2D eigenvalue weighted by Crippen LogP contribution is -2.42. The fourth-order valence-electron chi connectivity index (χ4n) is 3.66. The molecule has 1 aromatic heterocycles. The van der Waals surface area contributed by atoms with E-state index in [2.05, 4.69) is 16.9 Å². The first-order valence-corrected chi connectivity index (χ1v) is 9.26. The summed E-state index contributed by atoms with van der Waals surface area (Å²) in [6, 6.07) is 0.0367. The van der Waals surface area contributed by atoms with Crippen LogP contribution < -0.4 is 0 Å². The van der Waals surface area contributed by atoms with Gasteiger partial charge in [0.15, 0.2) is 5.82 Å². The van der Waals surface area contributed by atoms with Crippen LogP contribution in [0, 0.1) is 0 Å². The molecule has 1 amide bonds. The van der Waals surface area contributed by atoms with Crippen molar-refractivity contribution in [3.8, 4) is 0 Å². The monoisotopic (exact) mass is 333 g/mol. The van der Waals surface area contributed by atoms with Gasteiger partial charge in [-0.05, 0) is 32.7 Å². The predicted octanol–water partition coefficient (Wildman–Crippen LogP) is 1.17. The lowest BCUT2D eigenvalue weighted by atomic mass is 10.1. The molecular formula is C17H27N5O2. The highest BCUT2D eigenvalue weighted by Crippen LogP contribution is 2.39. The highest BCUT2D eigenvalue weighted by molar-refractivity contribution is 5.76. The average molecular weight is 333 g/mol. The van der Waals surface area contributed by atoms with Crippen molar-refractivity contribution < 1.29 is 9.53 Å². The molecule has 0 unspecified atom stereocenters. The minimum Gasteiger partial charge on any atom is -0.379 e. The zero-order valence-corrected chi connectivity index (χ0v) is 14.5. The van der Waals surface area contributed by atoms with Crippen molar-refractivity contribution in [3.63, 3.8) is 0 Å². The summed E-state index contributed by atoms with van der Waals surface area (Å²) in [6.45, 7) is 8.19. The van der Waals surface area contributed by atoms with Crippen LogP contribution in [-0.4, -0.2) is 69.9 Å². The van der Waals surface area contributed by atoms with Gasteiger partial charge in [0.05, 0.1) is 25.8 Å². The van der Waals surface area contributed by atoms with Crippen molar-refractivity contribution in [1.82, 2.24) is 24.6 Å². The molecule has 0 aromatic carbocycles. The number of hydrogen-bond acceptors (Lipinski definition) is 5. The molecule has 132 valence electrons. The van der Waals surface area contributed by atoms with Crippen LogP contribution in [0.4, 0.5) is 0 Å². The number of fused-ring (bicyclic) bond motifs is 1. The molecule has 1 aromatic rings. The molecule has 0 radical (unpaired) electrons. The number of hydrogen-bond donors (Lipinski definition) is 0. The second-order valence-electron chi connectivity index (χ2n) is 7.15. The molecule has 0 N–H and O–H groups in total. The molecule has 0 bridgehead atoms. The minimum atomic E-state index is 0.0367. The van der Waals surface area contributed by atoms with E-state index < -0.39 is 0 Å². The van der Waals surface area contributed by atoms with Crippen LogP contribution in [0.1, 0.15) is 56.2 Å². The normalized spacial score (nSPS) is 24.9. The fraction of sp³-hybridized carbons (Fsp3) is 0.824. The molecule has 2 fully saturated rings. The number of aromatic nitrogens is 3. The molecule has 3 aliphatic rings. The first kappa shape index (κ1) is 16.0. The maximum Gasteiger partial charge on any atom is 0.223 e. The van der Waals surface area contributed by atoms with Crippen molar-refractivity contribution in [2.24, 2.45) is 0 Å². The van der Waals surface area contributed by atoms with Crippen molar-refractivity contribution in [2.45, 2.75) is 51.1 Å². The van der Waals surface area contributed by atoms with Gasteiger partial charge in [0.25, 0.3) is 0 Å².